The Morgan fingerprint density at radius 1 is 1.52 bits per heavy atom. The number of aryl methyl sites for hydroxylation is 1. The highest BCUT2D eigenvalue weighted by atomic mass is 32.2. The fraction of sp³-hybridized carbons (Fsp3) is 0.438. The van der Waals surface area contributed by atoms with Crippen molar-refractivity contribution >= 4 is 40.4 Å². The van der Waals surface area contributed by atoms with Crippen LogP contribution in [0.4, 0.5) is 5.69 Å². The first-order valence-electron chi connectivity index (χ1n) is 7.60. The van der Waals surface area contributed by atoms with E-state index >= 15 is 0 Å². The van der Waals surface area contributed by atoms with E-state index in [9.17, 15) is 9.59 Å². The number of carbonyl (C=O) groups is 2. The van der Waals surface area contributed by atoms with Crippen molar-refractivity contribution in [3.63, 3.8) is 0 Å². The molecular weight excluding hydrogens is 314 g/mol. The van der Waals surface area contributed by atoms with Gasteiger partial charge in [-0.25, -0.2) is 4.98 Å². The van der Waals surface area contributed by atoms with Crippen LogP contribution in [0, 0.1) is 6.92 Å². The van der Waals surface area contributed by atoms with E-state index in [0.29, 0.717) is 34.9 Å². The number of rotatable bonds is 2. The topological polar surface area (TPSA) is 75.4 Å². The van der Waals surface area contributed by atoms with E-state index < -0.39 is 6.04 Å². The molecule has 0 spiro atoms. The maximum absolute atomic E-state index is 12.6. The van der Waals surface area contributed by atoms with Gasteiger partial charge in [0.15, 0.2) is 11.5 Å². The van der Waals surface area contributed by atoms with Gasteiger partial charge in [0.2, 0.25) is 11.8 Å². The molecule has 23 heavy (non-hydrogen) atoms. The second-order valence-corrected chi connectivity index (χ2v) is 7.67. The number of thioether (sulfide) groups is 1. The average Bonchev–Trinajstić information content (AvgIpc) is 3.12. The van der Waals surface area contributed by atoms with E-state index in [1.54, 1.807) is 41.8 Å². The van der Waals surface area contributed by atoms with Gasteiger partial charge in [-0.15, -0.1) is 11.8 Å². The molecule has 0 unspecified atom stereocenters. The van der Waals surface area contributed by atoms with E-state index in [-0.39, 0.29) is 16.7 Å². The third-order valence-electron chi connectivity index (χ3n) is 4.51. The number of nitrogens with one attached hydrogen (secondary N) is 1. The van der Waals surface area contributed by atoms with Gasteiger partial charge < -0.3 is 14.6 Å². The number of nitrogens with zero attached hydrogens (tertiary/aromatic N) is 2. The highest BCUT2D eigenvalue weighted by molar-refractivity contribution is 8.01. The zero-order valence-corrected chi connectivity index (χ0v) is 13.8. The summed E-state index contributed by atoms with van der Waals surface area (Å²) in [6, 6.07) is 4.96. The van der Waals surface area contributed by atoms with Gasteiger partial charge in [-0.1, -0.05) is 0 Å². The first-order valence-corrected chi connectivity index (χ1v) is 8.59. The molecule has 1 N–H and O–H groups in total. The van der Waals surface area contributed by atoms with Gasteiger partial charge in [0, 0.05) is 24.8 Å². The van der Waals surface area contributed by atoms with Gasteiger partial charge in [0.1, 0.15) is 11.6 Å². The first-order chi connectivity index (χ1) is 11.0. The van der Waals surface area contributed by atoms with Crippen molar-refractivity contribution in [2.24, 2.45) is 0 Å². The molecule has 0 bridgehead atoms. The van der Waals surface area contributed by atoms with Crippen LogP contribution < -0.4 is 5.32 Å². The smallest absolute Gasteiger partial charge is 0.248 e. The molecular formula is C16H17N3O3S. The van der Waals surface area contributed by atoms with Crippen molar-refractivity contribution in [1.29, 1.82) is 0 Å². The van der Waals surface area contributed by atoms with Crippen LogP contribution in [0.3, 0.4) is 0 Å². The number of oxazole rings is 1. The van der Waals surface area contributed by atoms with Gasteiger partial charge in [-0.3, -0.25) is 9.59 Å². The summed E-state index contributed by atoms with van der Waals surface area (Å²) in [5, 5.41) is 2.91. The van der Waals surface area contributed by atoms with E-state index in [2.05, 4.69) is 10.3 Å². The molecule has 0 aliphatic carbocycles. The summed E-state index contributed by atoms with van der Waals surface area (Å²) in [5.74, 6) is 1.16. The summed E-state index contributed by atoms with van der Waals surface area (Å²) in [7, 11) is 0. The molecule has 120 valence electrons. The Labute approximate surface area is 137 Å². The molecule has 2 fully saturated rings. The number of aromatic nitrogens is 1. The number of anilines is 1. The molecule has 1 aromatic carbocycles. The normalized spacial score (nSPS) is 26.8. The minimum atomic E-state index is -0.408. The molecule has 6 nitrogen and oxygen atoms in total. The van der Waals surface area contributed by atoms with Crippen molar-refractivity contribution < 1.29 is 14.0 Å². The van der Waals surface area contributed by atoms with E-state index in [1.165, 1.54) is 0 Å². The zero-order valence-electron chi connectivity index (χ0n) is 13.0. The van der Waals surface area contributed by atoms with Crippen molar-refractivity contribution in [1.82, 2.24) is 9.88 Å². The fourth-order valence-electron chi connectivity index (χ4n) is 3.36. The Hall–Kier alpha value is -2.02. The Kier molecular flexibility index (Phi) is 3.16. The van der Waals surface area contributed by atoms with E-state index in [4.69, 9.17) is 4.42 Å². The highest BCUT2D eigenvalue weighted by Gasteiger charge is 2.52. The number of benzene rings is 1. The van der Waals surface area contributed by atoms with Gasteiger partial charge in [-0.05, 0) is 31.5 Å². The van der Waals surface area contributed by atoms with Crippen molar-refractivity contribution in [3.05, 3.63) is 24.1 Å². The van der Waals surface area contributed by atoms with Crippen LogP contribution in [-0.4, -0.2) is 38.4 Å². The molecule has 2 aromatic rings. The molecule has 4 rings (SSSR count). The van der Waals surface area contributed by atoms with E-state index in [1.807, 2.05) is 6.92 Å². The van der Waals surface area contributed by atoms with Crippen LogP contribution in [0.25, 0.3) is 11.1 Å². The van der Waals surface area contributed by atoms with Gasteiger partial charge in [-0.2, -0.15) is 0 Å². The Balaban J connectivity index is 1.56. The minimum absolute atomic E-state index is 0.0697. The van der Waals surface area contributed by atoms with Crippen LogP contribution in [-0.2, 0) is 9.59 Å². The molecule has 2 aliphatic heterocycles. The third kappa shape index (κ3) is 2.30. The number of fused-ring (bicyclic) bond motifs is 2. The lowest BCUT2D eigenvalue weighted by molar-refractivity contribution is -0.135. The SMILES string of the molecule is Cc1nc2cc(NC(=O)[C@H]3CS[C@]4(C)CCC(=O)N34)ccc2o1. The number of amides is 2. The number of hydrogen-bond acceptors (Lipinski definition) is 5. The number of carbonyl (C=O) groups excluding carboxylic acids is 2. The fourth-order valence-corrected chi connectivity index (χ4v) is 4.79. The third-order valence-corrected chi connectivity index (χ3v) is 6.01. The predicted molar refractivity (Wildman–Crippen MR) is 88.1 cm³/mol. The van der Waals surface area contributed by atoms with Crippen LogP contribution in [0.5, 0.6) is 0 Å². The molecule has 3 heterocycles. The van der Waals surface area contributed by atoms with Crippen LogP contribution >= 0.6 is 11.8 Å². The second-order valence-electron chi connectivity index (χ2n) is 6.17. The average molecular weight is 331 g/mol. The molecule has 1 aromatic heterocycles. The van der Waals surface area contributed by atoms with Crippen molar-refractivity contribution in [2.75, 3.05) is 11.1 Å². The summed E-state index contributed by atoms with van der Waals surface area (Å²) in [4.78, 5) is 30.5. The maximum Gasteiger partial charge on any atom is 0.248 e. The highest BCUT2D eigenvalue weighted by Crippen LogP contribution is 2.47. The first kappa shape index (κ1) is 14.6. The Bertz CT molecular complexity index is 818. The van der Waals surface area contributed by atoms with Gasteiger partial charge >= 0.3 is 0 Å². The predicted octanol–water partition coefficient (Wildman–Crippen LogP) is 2.53. The molecule has 2 aliphatic rings. The molecule has 2 saturated heterocycles. The van der Waals surface area contributed by atoms with Crippen LogP contribution in [0.2, 0.25) is 0 Å². The van der Waals surface area contributed by atoms with Crippen molar-refractivity contribution in [2.45, 2.75) is 37.6 Å². The lowest BCUT2D eigenvalue weighted by atomic mass is 10.2. The van der Waals surface area contributed by atoms with Crippen molar-refractivity contribution in [3.8, 4) is 0 Å². The standard InChI is InChI=1S/C16H17N3O3S/c1-9-17-11-7-10(3-4-13(11)22-9)18-15(21)12-8-23-16(2)6-5-14(20)19(12)16/h3-4,7,12H,5-6,8H2,1-2H3,(H,18,21)/t12-,16-/m1/s1. The summed E-state index contributed by atoms with van der Waals surface area (Å²) in [6.45, 7) is 3.83. The molecule has 0 radical (unpaired) electrons. The summed E-state index contributed by atoms with van der Waals surface area (Å²) in [6.07, 6.45) is 1.34. The van der Waals surface area contributed by atoms with Gasteiger partial charge in [0.05, 0.1) is 4.87 Å². The van der Waals surface area contributed by atoms with Crippen LogP contribution in [0.1, 0.15) is 25.7 Å². The quantitative estimate of drug-likeness (QED) is 0.915. The van der Waals surface area contributed by atoms with Crippen LogP contribution in [0.15, 0.2) is 22.6 Å². The van der Waals surface area contributed by atoms with Gasteiger partial charge in [0.25, 0.3) is 0 Å². The minimum Gasteiger partial charge on any atom is -0.441 e. The monoisotopic (exact) mass is 331 g/mol. The molecule has 0 saturated carbocycles. The summed E-state index contributed by atoms with van der Waals surface area (Å²) in [5.41, 5.74) is 2.07. The zero-order chi connectivity index (χ0) is 16.2. The Morgan fingerprint density at radius 2 is 2.35 bits per heavy atom. The molecule has 7 heteroatoms. The lowest BCUT2D eigenvalue weighted by Gasteiger charge is -2.29. The number of hydrogen-bond donors (Lipinski definition) is 1. The maximum atomic E-state index is 12.6. The lowest BCUT2D eigenvalue weighted by Crippen LogP contribution is -2.48. The Morgan fingerprint density at radius 3 is 3.17 bits per heavy atom. The summed E-state index contributed by atoms with van der Waals surface area (Å²) >= 11 is 1.69. The molecule has 2 atom stereocenters. The second kappa shape index (κ2) is 4.99. The van der Waals surface area contributed by atoms with E-state index in [0.717, 1.165) is 6.42 Å². The summed E-state index contributed by atoms with van der Waals surface area (Å²) < 4.78 is 5.43. The molecule has 2 amide bonds. The largest absolute Gasteiger partial charge is 0.441 e.